The highest BCUT2D eigenvalue weighted by Crippen LogP contribution is 2.35. The molecular formula is C16H24N2O2. The molecule has 1 aromatic rings. The van der Waals surface area contributed by atoms with Gasteiger partial charge in [-0.25, -0.2) is 9.97 Å². The lowest BCUT2D eigenvalue weighted by atomic mass is 9.80. The normalized spacial score (nSPS) is 22.8. The molecule has 2 rings (SSSR count). The molecule has 0 radical (unpaired) electrons. The van der Waals surface area contributed by atoms with E-state index in [4.69, 9.17) is 5.11 Å². The highest BCUT2D eigenvalue weighted by Gasteiger charge is 2.24. The molecule has 110 valence electrons. The molecule has 0 aliphatic heterocycles. The van der Waals surface area contributed by atoms with Gasteiger partial charge in [-0.15, -0.1) is 0 Å². The molecule has 1 aliphatic rings. The van der Waals surface area contributed by atoms with Gasteiger partial charge in [0.15, 0.2) is 0 Å². The van der Waals surface area contributed by atoms with Crippen LogP contribution in [-0.4, -0.2) is 21.0 Å². The first kappa shape index (κ1) is 14.9. The van der Waals surface area contributed by atoms with E-state index in [1.165, 1.54) is 19.3 Å². The molecule has 1 heterocycles. The maximum atomic E-state index is 10.9. The molecule has 0 saturated heterocycles. The van der Waals surface area contributed by atoms with Gasteiger partial charge in [-0.1, -0.05) is 13.3 Å². The number of aryl methyl sites for hydroxylation is 2. The Labute approximate surface area is 120 Å². The van der Waals surface area contributed by atoms with Crippen molar-refractivity contribution in [2.24, 2.45) is 5.92 Å². The van der Waals surface area contributed by atoms with Crippen LogP contribution in [0, 0.1) is 19.8 Å². The van der Waals surface area contributed by atoms with Crippen LogP contribution >= 0.6 is 0 Å². The number of rotatable bonds is 4. The van der Waals surface area contributed by atoms with Gasteiger partial charge in [-0.05, 0) is 45.4 Å². The van der Waals surface area contributed by atoms with E-state index in [0.29, 0.717) is 5.92 Å². The van der Waals surface area contributed by atoms with Crippen molar-refractivity contribution in [1.29, 1.82) is 0 Å². The number of hydrogen-bond acceptors (Lipinski definition) is 3. The highest BCUT2D eigenvalue weighted by molar-refractivity contribution is 5.70. The Morgan fingerprint density at radius 2 is 1.70 bits per heavy atom. The van der Waals surface area contributed by atoms with Gasteiger partial charge in [-0.2, -0.15) is 0 Å². The molecule has 0 unspecified atom stereocenters. The van der Waals surface area contributed by atoms with E-state index >= 15 is 0 Å². The van der Waals surface area contributed by atoms with Crippen LogP contribution in [-0.2, 0) is 11.2 Å². The fraction of sp³-hybridized carbons (Fsp3) is 0.688. The second-order valence-electron chi connectivity index (χ2n) is 5.93. The monoisotopic (exact) mass is 276 g/mol. The van der Waals surface area contributed by atoms with Crippen LogP contribution in [0.2, 0.25) is 0 Å². The fourth-order valence-electron chi connectivity index (χ4n) is 3.18. The van der Waals surface area contributed by atoms with Crippen LogP contribution in [0.3, 0.4) is 0 Å². The van der Waals surface area contributed by atoms with Gasteiger partial charge < -0.3 is 5.11 Å². The third-order valence-electron chi connectivity index (χ3n) is 4.56. The minimum Gasteiger partial charge on any atom is -0.481 e. The summed E-state index contributed by atoms with van der Waals surface area (Å²) in [6, 6.07) is 0. The smallest absolute Gasteiger partial charge is 0.307 e. The van der Waals surface area contributed by atoms with Crippen LogP contribution in [0.15, 0.2) is 0 Å². The SMILES string of the molecule is CCC1CCC(c2nc(C)c(CC(=O)O)c(C)n2)CC1. The van der Waals surface area contributed by atoms with Crippen LogP contribution in [0.4, 0.5) is 0 Å². The Balaban J connectivity index is 2.16. The summed E-state index contributed by atoms with van der Waals surface area (Å²) in [5.74, 6) is 1.41. The van der Waals surface area contributed by atoms with Crippen molar-refractivity contribution in [1.82, 2.24) is 9.97 Å². The molecule has 4 heteroatoms. The number of hydrogen-bond donors (Lipinski definition) is 1. The first-order valence-electron chi connectivity index (χ1n) is 7.57. The van der Waals surface area contributed by atoms with Crippen LogP contribution < -0.4 is 0 Å². The second kappa shape index (κ2) is 6.33. The Morgan fingerprint density at radius 1 is 1.15 bits per heavy atom. The van der Waals surface area contributed by atoms with Crippen molar-refractivity contribution in [2.75, 3.05) is 0 Å². The maximum Gasteiger partial charge on any atom is 0.307 e. The first-order chi connectivity index (χ1) is 9.51. The minimum absolute atomic E-state index is 0.0144. The maximum absolute atomic E-state index is 10.9. The lowest BCUT2D eigenvalue weighted by Crippen LogP contribution is -2.17. The lowest BCUT2D eigenvalue weighted by Gasteiger charge is -2.27. The number of carbonyl (C=O) groups is 1. The largest absolute Gasteiger partial charge is 0.481 e. The Morgan fingerprint density at radius 3 is 2.15 bits per heavy atom. The summed E-state index contributed by atoms with van der Waals surface area (Å²) in [6.45, 7) is 6.05. The zero-order valence-corrected chi connectivity index (χ0v) is 12.6. The van der Waals surface area contributed by atoms with Crippen LogP contribution in [0.1, 0.15) is 67.7 Å². The Hall–Kier alpha value is -1.45. The van der Waals surface area contributed by atoms with E-state index < -0.39 is 5.97 Å². The number of aliphatic carboxylic acids is 1. The van der Waals surface area contributed by atoms with Crippen LogP contribution in [0.25, 0.3) is 0 Å². The molecule has 0 amide bonds. The van der Waals surface area contributed by atoms with Gasteiger partial charge in [0.05, 0.1) is 6.42 Å². The van der Waals surface area contributed by atoms with Gasteiger partial charge >= 0.3 is 5.97 Å². The minimum atomic E-state index is -0.823. The van der Waals surface area contributed by atoms with Crippen molar-refractivity contribution in [2.45, 2.75) is 65.2 Å². The van der Waals surface area contributed by atoms with Crippen molar-refractivity contribution >= 4 is 5.97 Å². The third kappa shape index (κ3) is 3.35. The van der Waals surface area contributed by atoms with Crippen molar-refractivity contribution in [3.63, 3.8) is 0 Å². The molecule has 0 spiro atoms. The zero-order chi connectivity index (χ0) is 14.7. The van der Waals surface area contributed by atoms with E-state index in [0.717, 1.165) is 41.5 Å². The van der Waals surface area contributed by atoms with Crippen molar-refractivity contribution in [3.05, 3.63) is 22.8 Å². The van der Waals surface area contributed by atoms with Crippen molar-refractivity contribution in [3.8, 4) is 0 Å². The van der Waals surface area contributed by atoms with Gasteiger partial charge in [0.2, 0.25) is 0 Å². The summed E-state index contributed by atoms with van der Waals surface area (Å²) in [7, 11) is 0. The van der Waals surface area contributed by atoms with Crippen molar-refractivity contribution < 1.29 is 9.90 Å². The Kier molecular flexibility index (Phi) is 4.73. The molecule has 1 aromatic heterocycles. The van der Waals surface area contributed by atoms with Gasteiger partial charge in [0, 0.05) is 22.9 Å². The predicted molar refractivity (Wildman–Crippen MR) is 77.8 cm³/mol. The first-order valence-corrected chi connectivity index (χ1v) is 7.57. The average molecular weight is 276 g/mol. The average Bonchev–Trinajstić information content (AvgIpc) is 2.42. The summed E-state index contributed by atoms with van der Waals surface area (Å²) in [4.78, 5) is 20.0. The standard InChI is InChI=1S/C16H24N2O2/c1-4-12-5-7-13(8-6-12)16-17-10(2)14(9-15(19)20)11(3)18-16/h12-13H,4-9H2,1-3H3,(H,19,20). The predicted octanol–water partition coefficient (Wildman–Crippen LogP) is 3.40. The highest BCUT2D eigenvalue weighted by atomic mass is 16.4. The fourth-order valence-corrected chi connectivity index (χ4v) is 3.18. The lowest BCUT2D eigenvalue weighted by molar-refractivity contribution is -0.136. The van der Waals surface area contributed by atoms with E-state index in [9.17, 15) is 4.79 Å². The zero-order valence-electron chi connectivity index (χ0n) is 12.6. The number of carboxylic acid groups (broad SMARTS) is 1. The van der Waals surface area contributed by atoms with E-state index in [1.807, 2.05) is 13.8 Å². The van der Waals surface area contributed by atoms with Gasteiger partial charge in [0.25, 0.3) is 0 Å². The molecule has 1 N–H and O–H groups in total. The van der Waals surface area contributed by atoms with E-state index in [1.54, 1.807) is 0 Å². The Bertz CT molecular complexity index is 468. The third-order valence-corrected chi connectivity index (χ3v) is 4.56. The number of aromatic nitrogens is 2. The number of nitrogens with zero attached hydrogens (tertiary/aromatic N) is 2. The topological polar surface area (TPSA) is 63.1 Å². The summed E-state index contributed by atoms with van der Waals surface area (Å²) < 4.78 is 0. The summed E-state index contributed by atoms with van der Waals surface area (Å²) in [5.41, 5.74) is 2.42. The molecule has 0 atom stereocenters. The molecule has 20 heavy (non-hydrogen) atoms. The molecule has 4 nitrogen and oxygen atoms in total. The van der Waals surface area contributed by atoms with Gasteiger partial charge in [0.1, 0.15) is 5.82 Å². The number of carboxylic acids is 1. The summed E-state index contributed by atoms with van der Waals surface area (Å²) in [6.07, 6.45) is 6.13. The molecule has 0 aromatic carbocycles. The van der Waals surface area contributed by atoms with E-state index in [2.05, 4.69) is 16.9 Å². The molecule has 1 fully saturated rings. The molecule has 0 bridgehead atoms. The second-order valence-corrected chi connectivity index (χ2v) is 5.93. The molecule has 1 saturated carbocycles. The quantitative estimate of drug-likeness (QED) is 0.915. The van der Waals surface area contributed by atoms with Gasteiger partial charge in [-0.3, -0.25) is 4.79 Å². The summed E-state index contributed by atoms with van der Waals surface area (Å²) >= 11 is 0. The summed E-state index contributed by atoms with van der Waals surface area (Å²) in [5, 5.41) is 8.93. The van der Waals surface area contributed by atoms with Crippen LogP contribution in [0.5, 0.6) is 0 Å². The molecule has 1 aliphatic carbocycles. The molecular weight excluding hydrogens is 252 g/mol. The van der Waals surface area contributed by atoms with E-state index in [-0.39, 0.29) is 6.42 Å².